The first-order valence-corrected chi connectivity index (χ1v) is 7.50. The molecule has 0 aromatic rings. The summed E-state index contributed by atoms with van der Waals surface area (Å²) in [5, 5.41) is 0. The van der Waals surface area contributed by atoms with Crippen molar-refractivity contribution in [2.45, 2.75) is 38.5 Å². The maximum Gasteiger partial charge on any atom is 0.306 e. The predicted molar refractivity (Wildman–Crippen MR) is 77.3 cm³/mol. The highest BCUT2D eigenvalue weighted by Gasteiger charge is 2.01. The molecule has 4 nitrogen and oxygen atoms in total. The molecule has 106 valence electrons. The molecule has 0 radical (unpaired) electrons. The summed E-state index contributed by atoms with van der Waals surface area (Å²) < 4.78 is 9.95. The van der Waals surface area contributed by atoms with Crippen LogP contribution in [0.3, 0.4) is 0 Å². The molecule has 0 heterocycles. The van der Waals surface area contributed by atoms with Gasteiger partial charge in [-0.25, -0.2) is 0 Å². The lowest BCUT2D eigenvalue weighted by Crippen LogP contribution is -2.07. The number of carbonyl (C=O) groups excluding carboxylic acids is 2. The molecule has 0 aliphatic carbocycles. The van der Waals surface area contributed by atoms with Gasteiger partial charge in [-0.2, -0.15) is 25.3 Å². The van der Waals surface area contributed by atoms with Crippen LogP contribution in [0.5, 0.6) is 0 Å². The fourth-order valence-electron chi connectivity index (χ4n) is 1.26. The number of thiol groups is 2. The first-order chi connectivity index (χ1) is 8.70. The summed E-state index contributed by atoms with van der Waals surface area (Å²) in [7, 11) is 0. The van der Waals surface area contributed by atoms with Crippen molar-refractivity contribution in [1.82, 2.24) is 0 Å². The van der Waals surface area contributed by atoms with Crippen LogP contribution >= 0.6 is 25.3 Å². The van der Waals surface area contributed by atoms with Crippen LogP contribution in [-0.4, -0.2) is 36.7 Å². The fraction of sp³-hybridized carbons (Fsp3) is 0.833. The number of unbranched alkanes of at least 4 members (excludes halogenated alkanes) is 3. The van der Waals surface area contributed by atoms with Gasteiger partial charge in [0.25, 0.3) is 0 Å². The molecular formula is C12H22O4S2. The molecule has 0 unspecified atom stereocenters. The van der Waals surface area contributed by atoms with Crippen LogP contribution in [0.1, 0.15) is 38.5 Å². The topological polar surface area (TPSA) is 52.6 Å². The average Bonchev–Trinajstić information content (AvgIpc) is 2.33. The van der Waals surface area contributed by atoms with Crippen molar-refractivity contribution in [3.05, 3.63) is 0 Å². The van der Waals surface area contributed by atoms with Crippen LogP contribution in [0.25, 0.3) is 0 Å². The monoisotopic (exact) mass is 294 g/mol. The van der Waals surface area contributed by atoms with E-state index in [9.17, 15) is 9.59 Å². The summed E-state index contributed by atoms with van der Waals surface area (Å²) >= 11 is 7.89. The molecule has 0 spiro atoms. The maximum absolute atomic E-state index is 11.0. The third-order valence-electron chi connectivity index (χ3n) is 2.20. The fourth-order valence-corrected chi connectivity index (χ4v) is 1.62. The summed E-state index contributed by atoms with van der Waals surface area (Å²) in [6.07, 6.45) is 4.37. The third kappa shape index (κ3) is 12.1. The van der Waals surface area contributed by atoms with Gasteiger partial charge in [-0.3, -0.25) is 9.59 Å². The Labute approximate surface area is 120 Å². The van der Waals surface area contributed by atoms with Crippen molar-refractivity contribution in [2.75, 3.05) is 24.7 Å². The van der Waals surface area contributed by atoms with E-state index >= 15 is 0 Å². The highest BCUT2D eigenvalue weighted by molar-refractivity contribution is 7.80. The van der Waals surface area contributed by atoms with Gasteiger partial charge in [-0.05, 0) is 25.7 Å². The zero-order valence-electron chi connectivity index (χ0n) is 10.6. The van der Waals surface area contributed by atoms with Crippen molar-refractivity contribution >= 4 is 37.2 Å². The molecule has 0 rings (SSSR count). The Hall–Kier alpha value is -0.360. The van der Waals surface area contributed by atoms with Gasteiger partial charge in [0.15, 0.2) is 0 Å². The minimum absolute atomic E-state index is 0.189. The Morgan fingerprint density at radius 1 is 0.722 bits per heavy atom. The zero-order chi connectivity index (χ0) is 13.6. The van der Waals surface area contributed by atoms with Gasteiger partial charge >= 0.3 is 11.9 Å². The molecule has 0 amide bonds. The molecule has 18 heavy (non-hydrogen) atoms. The van der Waals surface area contributed by atoms with Crippen molar-refractivity contribution < 1.29 is 19.1 Å². The van der Waals surface area contributed by atoms with Crippen LogP contribution in [-0.2, 0) is 19.1 Å². The number of esters is 2. The smallest absolute Gasteiger partial charge is 0.306 e. The summed E-state index contributed by atoms with van der Waals surface area (Å²) in [6, 6.07) is 0. The molecule has 0 fully saturated rings. The second kappa shape index (κ2) is 13.1. The van der Waals surface area contributed by atoms with E-state index in [2.05, 4.69) is 25.3 Å². The average molecular weight is 294 g/mol. The van der Waals surface area contributed by atoms with Gasteiger partial charge in [-0.15, -0.1) is 0 Å². The first kappa shape index (κ1) is 17.6. The number of ether oxygens (including phenoxy) is 2. The minimum atomic E-state index is -0.189. The highest BCUT2D eigenvalue weighted by atomic mass is 32.1. The first-order valence-electron chi connectivity index (χ1n) is 6.23. The van der Waals surface area contributed by atoms with Crippen LogP contribution in [0, 0.1) is 0 Å². The Kier molecular flexibility index (Phi) is 12.8. The molecule has 0 N–H and O–H groups in total. The minimum Gasteiger partial charge on any atom is -0.466 e. The lowest BCUT2D eigenvalue weighted by atomic mass is 10.2. The summed E-state index contributed by atoms with van der Waals surface area (Å²) in [5.74, 6) is 0.670. The van der Waals surface area contributed by atoms with Gasteiger partial charge in [-0.1, -0.05) is 0 Å². The van der Waals surface area contributed by atoms with E-state index in [0.717, 1.165) is 25.7 Å². The quantitative estimate of drug-likeness (QED) is 0.349. The van der Waals surface area contributed by atoms with Gasteiger partial charge < -0.3 is 9.47 Å². The van der Waals surface area contributed by atoms with Crippen LogP contribution in [0.15, 0.2) is 0 Å². The van der Waals surface area contributed by atoms with Gasteiger partial charge in [0.1, 0.15) is 0 Å². The van der Waals surface area contributed by atoms with E-state index < -0.39 is 0 Å². The van der Waals surface area contributed by atoms with Crippen molar-refractivity contribution in [1.29, 1.82) is 0 Å². The second-order valence-corrected chi connectivity index (χ2v) is 4.70. The van der Waals surface area contributed by atoms with Crippen LogP contribution < -0.4 is 0 Å². The Bertz CT molecular complexity index is 210. The number of hydrogen-bond donors (Lipinski definition) is 2. The van der Waals surface area contributed by atoms with E-state index in [4.69, 9.17) is 9.47 Å². The highest BCUT2D eigenvalue weighted by Crippen LogP contribution is 2.02. The van der Waals surface area contributed by atoms with Crippen LogP contribution in [0.2, 0.25) is 0 Å². The molecule has 0 atom stereocenters. The van der Waals surface area contributed by atoms with E-state index in [1.807, 2.05) is 0 Å². The molecule has 0 bridgehead atoms. The van der Waals surface area contributed by atoms with Gasteiger partial charge in [0, 0.05) is 11.5 Å². The summed E-state index contributed by atoms with van der Waals surface area (Å²) in [6.45, 7) is 0.929. The lowest BCUT2D eigenvalue weighted by molar-refractivity contribution is -0.144. The number of carbonyl (C=O) groups is 2. The predicted octanol–water partition coefficient (Wildman–Crippen LogP) is 2.27. The van der Waals surface area contributed by atoms with E-state index in [1.54, 1.807) is 0 Å². The third-order valence-corrected chi connectivity index (χ3v) is 2.64. The van der Waals surface area contributed by atoms with Crippen molar-refractivity contribution in [3.8, 4) is 0 Å². The standard InChI is InChI=1S/C12H22O4S2/c13-11(5-9-17)15-7-3-1-2-4-8-16-12(14)6-10-18/h17-18H,1-10H2. The Morgan fingerprint density at radius 2 is 1.11 bits per heavy atom. The Balaban J connectivity index is 3.16. The Morgan fingerprint density at radius 3 is 1.44 bits per heavy atom. The number of rotatable bonds is 11. The number of hydrogen-bond acceptors (Lipinski definition) is 6. The molecule has 0 aliphatic rings. The zero-order valence-corrected chi connectivity index (χ0v) is 12.4. The molecular weight excluding hydrogens is 272 g/mol. The SMILES string of the molecule is O=C(CCS)OCCCCCCOC(=O)CCS. The summed E-state index contributed by atoms with van der Waals surface area (Å²) in [5.41, 5.74) is 0. The largest absolute Gasteiger partial charge is 0.466 e. The molecule has 0 saturated carbocycles. The summed E-state index contributed by atoms with van der Waals surface area (Å²) in [4.78, 5) is 22.0. The van der Waals surface area contributed by atoms with E-state index in [0.29, 0.717) is 37.6 Å². The van der Waals surface area contributed by atoms with Crippen LogP contribution in [0.4, 0.5) is 0 Å². The normalized spacial score (nSPS) is 10.1. The maximum atomic E-state index is 11.0. The molecule has 0 aromatic heterocycles. The van der Waals surface area contributed by atoms with Crippen molar-refractivity contribution in [2.24, 2.45) is 0 Å². The molecule has 6 heteroatoms. The van der Waals surface area contributed by atoms with Gasteiger partial charge in [0.05, 0.1) is 26.1 Å². The molecule has 0 saturated heterocycles. The van der Waals surface area contributed by atoms with Gasteiger partial charge in [0.2, 0.25) is 0 Å². The molecule has 0 aliphatic heterocycles. The lowest BCUT2D eigenvalue weighted by Gasteiger charge is -2.05. The van der Waals surface area contributed by atoms with E-state index in [-0.39, 0.29) is 11.9 Å². The van der Waals surface area contributed by atoms with E-state index in [1.165, 1.54) is 0 Å². The second-order valence-electron chi connectivity index (χ2n) is 3.80. The van der Waals surface area contributed by atoms with Crippen molar-refractivity contribution in [3.63, 3.8) is 0 Å². The molecule has 0 aromatic carbocycles.